The summed E-state index contributed by atoms with van der Waals surface area (Å²) in [6.45, 7) is 1.93. The molecule has 2 aromatic carbocycles. The van der Waals surface area contributed by atoms with Crippen molar-refractivity contribution in [1.82, 2.24) is 10.2 Å². The summed E-state index contributed by atoms with van der Waals surface area (Å²) in [7, 11) is 5.14. The molecule has 0 aliphatic carbocycles. The van der Waals surface area contributed by atoms with E-state index in [2.05, 4.69) is 21.2 Å². The number of carbonyl (C=O) groups is 1. The summed E-state index contributed by atoms with van der Waals surface area (Å²) in [4.78, 5) is 16.6. The van der Waals surface area contributed by atoms with Crippen molar-refractivity contribution >= 4 is 44.9 Å². The number of methoxy groups -OCH3 is 1. The molecule has 1 aliphatic rings. The van der Waals surface area contributed by atoms with Crippen LogP contribution >= 0.6 is 28.1 Å². The van der Waals surface area contributed by atoms with Crippen LogP contribution in [0.1, 0.15) is 18.5 Å². The van der Waals surface area contributed by atoms with E-state index in [4.69, 9.17) is 17.0 Å². The van der Waals surface area contributed by atoms with Crippen molar-refractivity contribution in [2.45, 2.75) is 13.0 Å². The second kappa shape index (κ2) is 8.32. The molecule has 1 amide bonds. The summed E-state index contributed by atoms with van der Waals surface area (Å²) >= 11 is 9.19. The van der Waals surface area contributed by atoms with Crippen molar-refractivity contribution in [3.05, 3.63) is 69.8 Å². The van der Waals surface area contributed by atoms with Crippen molar-refractivity contribution in [3.8, 4) is 5.75 Å². The first-order chi connectivity index (χ1) is 13.3. The Balaban J connectivity index is 2.13. The van der Waals surface area contributed by atoms with Crippen LogP contribution in [-0.4, -0.2) is 37.1 Å². The summed E-state index contributed by atoms with van der Waals surface area (Å²) < 4.78 is 6.19. The van der Waals surface area contributed by atoms with Crippen LogP contribution in [0.4, 0.5) is 5.69 Å². The standard InChI is InChI=1S/C21H22BrN3O2S/c1-13-18(20(26)24(2)3)19(14-6-5-7-15(22)12-14)23-21(28)25(13)16-8-10-17(27-4)11-9-16/h5-12,19H,1-4H3,(H,23,28). The Labute approximate surface area is 179 Å². The number of halogens is 1. The maximum absolute atomic E-state index is 13.1. The van der Waals surface area contributed by atoms with Crippen LogP contribution in [0, 0.1) is 0 Å². The van der Waals surface area contributed by atoms with Gasteiger partial charge in [-0.1, -0.05) is 28.1 Å². The van der Waals surface area contributed by atoms with Crippen LogP contribution in [0.5, 0.6) is 5.75 Å². The Morgan fingerprint density at radius 3 is 2.46 bits per heavy atom. The Morgan fingerprint density at radius 1 is 1.21 bits per heavy atom. The first kappa shape index (κ1) is 20.4. The third-order valence-electron chi connectivity index (χ3n) is 4.63. The minimum absolute atomic E-state index is 0.0593. The van der Waals surface area contributed by atoms with Crippen LogP contribution in [0.25, 0.3) is 0 Å². The third kappa shape index (κ3) is 3.91. The van der Waals surface area contributed by atoms with Crippen molar-refractivity contribution in [1.29, 1.82) is 0 Å². The number of hydrogen-bond donors (Lipinski definition) is 1. The lowest BCUT2D eigenvalue weighted by Gasteiger charge is -2.38. The zero-order valence-corrected chi connectivity index (χ0v) is 18.6. The zero-order valence-electron chi connectivity index (χ0n) is 16.2. The molecule has 0 aromatic heterocycles. The average molecular weight is 460 g/mol. The number of nitrogens with zero attached hydrogens (tertiary/aromatic N) is 2. The monoisotopic (exact) mass is 459 g/mol. The molecule has 28 heavy (non-hydrogen) atoms. The second-order valence-electron chi connectivity index (χ2n) is 6.67. The molecule has 1 atom stereocenters. The Kier molecular flexibility index (Phi) is 6.05. The summed E-state index contributed by atoms with van der Waals surface area (Å²) in [6, 6.07) is 15.2. The number of thiocarbonyl (C=S) groups is 1. The first-order valence-electron chi connectivity index (χ1n) is 8.76. The van der Waals surface area contributed by atoms with Gasteiger partial charge in [-0.3, -0.25) is 9.69 Å². The fraction of sp³-hybridized carbons (Fsp3) is 0.238. The molecule has 0 spiro atoms. The van der Waals surface area contributed by atoms with Crippen molar-refractivity contribution < 1.29 is 9.53 Å². The van der Waals surface area contributed by atoms with Gasteiger partial charge in [-0.05, 0) is 61.1 Å². The third-order valence-corrected chi connectivity index (χ3v) is 5.43. The van der Waals surface area contributed by atoms with Crippen LogP contribution in [0.15, 0.2) is 64.3 Å². The highest BCUT2D eigenvalue weighted by Gasteiger charge is 2.35. The molecule has 1 N–H and O–H groups in total. The lowest BCUT2D eigenvalue weighted by molar-refractivity contribution is -0.125. The Bertz CT molecular complexity index is 941. The molecule has 3 rings (SSSR count). The van der Waals surface area contributed by atoms with E-state index in [1.54, 1.807) is 26.1 Å². The molecule has 0 fully saturated rings. The molecule has 5 nitrogen and oxygen atoms in total. The zero-order chi connectivity index (χ0) is 20.4. The SMILES string of the molecule is COc1ccc(N2C(=S)NC(c3cccc(Br)c3)C(C(=O)N(C)C)=C2C)cc1. The number of carbonyl (C=O) groups excluding carboxylic acids is 1. The summed E-state index contributed by atoms with van der Waals surface area (Å²) in [5.41, 5.74) is 3.30. The average Bonchev–Trinajstić information content (AvgIpc) is 2.67. The van der Waals surface area contributed by atoms with Gasteiger partial charge < -0.3 is 15.0 Å². The van der Waals surface area contributed by atoms with Crippen molar-refractivity contribution in [2.24, 2.45) is 0 Å². The molecule has 2 aromatic rings. The number of rotatable bonds is 4. The van der Waals surface area contributed by atoms with E-state index >= 15 is 0 Å². The number of nitrogens with one attached hydrogen (secondary N) is 1. The molecule has 1 unspecified atom stereocenters. The normalized spacial score (nSPS) is 16.7. The first-order valence-corrected chi connectivity index (χ1v) is 9.96. The van der Waals surface area contributed by atoms with E-state index < -0.39 is 0 Å². The topological polar surface area (TPSA) is 44.8 Å². The van der Waals surface area contributed by atoms with Crippen LogP contribution in [0.2, 0.25) is 0 Å². The minimum Gasteiger partial charge on any atom is -0.497 e. The van der Waals surface area contributed by atoms with E-state index in [9.17, 15) is 4.79 Å². The molecule has 0 radical (unpaired) electrons. The number of allylic oxidation sites excluding steroid dienone is 1. The maximum atomic E-state index is 13.1. The predicted molar refractivity (Wildman–Crippen MR) is 119 cm³/mol. The van der Waals surface area contributed by atoms with Gasteiger partial charge in [0.05, 0.1) is 18.7 Å². The highest BCUT2D eigenvalue weighted by atomic mass is 79.9. The lowest BCUT2D eigenvalue weighted by Crippen LogP contribution is -2.49. The van der Waals surface area contributed by atoms with Crippen molar-refractivity contribution in [3.63, 3.8) is 0 Å². The number of likely N-dealkylation sites (N-methyl/N-ethyl adjacent to an activating group) is 1. The van der Waals surface area contributed by atoms with Gasteiger partial charge in [0.15, 0.2) is 5.11 Å². The molecule has 0 saturated heterocycles. The fourth-order valence-corrected chi connectivity index (χ4v) is 4.02. The predicted octanol–water partition coefficient (Wildman–Crippen LogP) is 4.26. The number of ether oxygens (including phenoxy) is 1. The molecule has 1 heterocycles. The van der Waals surface area contributed by atoms with Gasteiger partial charge in [-0.2, -0.15) is 0 Å². The van der Waals surface area contributed by atoms with Gasteiger partial charge in [0, 0.05) is 30.0 Å². The van der Waals surface area contributed by atoms with E-state index in [-0.39, 0.29) is 11.9 Å². The summed E-state index contributed by atoms with van der Waals surface area (Å²) in [6.07, 6.45) is 0. The highest BCUT2D eigenvalue weighted by molar-refractivity contribution is 9.10. The largest absolute Gasteiger partial charge is 0.497 e. The second-order valence-corrected chi connectivity index (χ2v) is 7.97. The van der Waals surface area contributed by atoms with Crippen molar-refractivity contribution in [2.75, 3.05) is 26.1 Å². The Hall–Kier alpha value is -2.38. The van der Waals surface area contributed by atoms with Crippen LogP contribution in [0.3, 0.4) is 0 Å². The summed E-state index contributed by atoms with van der Waals surface area (Å²) in [5.74, 6) is 0.703. The number of anilines is 1. The van der Waals surface area contributed by atoms with Gasteiger partial charge in [-0.15, -0.1) is 0 Å². The van der Waals surface area contributed by atoms with Gasteiger partial charge in [0.1, 0.15) is 5.75 Å². The van der Waals surface area contributed by atoms with Gasteiger partial charge >= 0.3 is 0 Å². The Morgan fingerprint density at radius 2 is 1.89 bits per heavy atom. The smallest absolute Gasteiger partial charge is 0.253 e. The van der Waals surface area contributed by atoms with Crippen LogP contribution in [-0.2, 0) is 4.79 Å². The maximum Gasteiger partial charge on any atom is 0.253 e. The number of amides is 1. The minimum atomic E-state index is -0.325. The van der Waals surface area contributed by atoms with E-state index in [1.165, 1.54) is 0 Å². The molecule has 146 valence electrons. The summed E-state index contributed by atoms with van der Waals surface area (Å²) in [5, 5.41) is 3.90. The fourth-order valence-electron chi connectivity index (χ4n) is 3.24. The van der Waals surface area contributed by atoms with E-state index in [0.29, 0.717) is 10.7 Å². The van der Waals surface area contributed by atoms with Gasteiger partial charge in [0.25, 0.3) is 5.91 Å². The molecule has 7 heteroatoms. The van der Waals surface area contributed by atoms with E-state index in [0.717, 1.165) is 27.2 Å². The molecule has 0 bridgehead atoms. The van der Waals surface area contributed by atoms with E-state index in [1.807, 2.05) is 60.4 Å². The quantitative estimate of drug-likeness (QED) is 0.692. The number of benzene rings is 2. The molecular weight excluding hydrogens is 438 g/mol. The van der Waals surface area contributed by atoms with Gasteiger partial charge in [-0.25, -0.2) is 0 Å². The highest BCUT2D eigenvalue weighted by Crippen LogP contribution is 2.35. The molecular formula is C21H22BrN3O2S. The lowest BCUT2D eigenvalue weighted by atomic mass is 9.94. The molecule has 0 saturated carbocycles. The number of hydrogen-bond acceptors (Lipinski definition) is 3. The van der Waals surface area contributed by atoms with Gasteiger partial charge in [0.2, 0.25) is 0 Å². The van der Waals surface area contributed by atoms with Crippen LogP contribution < -0.4 is 15.0 Å². The molecule has 1 aliphatic heterocycles.